The van der Waals surface area contributed by atoms with Crippen LogP contribution in [0, 0.1) is 13.8 Å². The minimum Gasteiger partial charge on any atom is -0.244 e. The van der Waals surface area contributed by atoms with Crippen LogP contribution in [0.3, 0.4) is 0 Å². The van der Waals surface area contributed by atoms with Gasteiger partial charge in [0, 0.05) is 11.1 Å². The number of rotatable bonds is 4. The van der Waals surface area contributed by atoms with Gasteiger partial charge in [-0.25, -0.2) is 9.97 Å². The number of para-hydroxylation sites is 2. The summed E-state index contributed by atoms with van der Waals surface area (Å²) in [5.41, 5.74) is 13.1. The summed E-state index contributed by atoms with van der Waals surface area (Å²) in [6.07, 6.45) is 0. The molecule has 0 radical (unpaired) electrons. The number of aryl methyl sites for hydroxylation is 2. The van der Waals surface area contributed by atoms with E-state index in [1.807, 2.05) is 30.3 Å². The van der Waals surface area contributed by atoms with Crippen molar-refractivity contribution in [3.05, 3.63) is 169 Å². The summed E-state index contributed by atoms with van der Waals surface area (Å²) in [6, 6.07) is 56.5. The van der Waals surface area contributed by atoms with Crippen LogP contribution in [-0.2, 0) is 0 Å². The van der Waals surface area contributed by atoms with E-state index in [1.165, 1.54) is 65.7 Å². The van der Waals surface area contributed by atoms with Crippen molar-refractivity contribution in [2.75, 3.05) is 0 Å². The zero-order valence-electron chi connectivity index (χ0n) is 26.9. The number of fused-ring (bicyclic) bond motifs is 7. The van der Waals surface area contributed by atoms with Crippen LogP contribution < -0.4 is 0 Å². The van der Waals surface area contributed by atoms with Gasteiger partial charge in [-0.1, -0.05) is 133 Å². The first-order valence-corrected chi connectivity index (χ1v) is 16.5. The summed E-state index contributed by atoms with van der Waals surface area (Å²) in [7, 11) is 0. The van der Waals surface area contributed by atoms with Crippen molar-refractivity contribution < 1.29 is 0 Å². The first-order chi connectivity index (χ1) is 23.6. The third kappa shape index (κ3) is 4.65. The molecule has 226 valence electrons. The maximum Gasteiger partial charge on any atom is 0.0973 e. The van der Waals surface area contributed by atoms with Gasteiger partial charge < -0.3 is 0 Å². The van der Waals surface area contributed by atoms with Crippen molar-refractivity contribution in [3.63, 3.8) is 0 Å². The second-order valence-corrected chi connectivity index (χ2v) is 12.7. The lowest BCUT2D eigenvalue weighted by Crippen LogP contribution is -1.95. The van der Waals surface area contributed by atoms with E-state index in [9.17, 15) is 0 Å². The summed E-state index contributed by atoms with van der Waals surface area (Å²) in [5.74, 6) is 0. The van der Waals surface area contributed by atoms with Gasteiger partial charge in [0.1, 0.15) is 0 Å². The predicted molar refractivity (Wildman–Crippen MR) is 203 cm³/mol. The van der Waals surface area contributed by atoms with E-state index in [0.717, 1.165) is 33.5 Å². The fraction of sp³-hybridized carbons (Fsp3) is 0.0435. The molecule has 0 saturated heterocycles. The van der Waals surface area contributed by atoms with Crippen LogP contribution in [-0.4, -0.2) is 9.97 Å². The number of aromatic nitrogens is 2. The van der Waals surface area contributed by atoms with E-state index >= 15 is 0 Å². The molecule has 0 aliphatic carbocycles. The highest BCUT2D eigenvalue weighted by atomic mass is 14.8. The molecule has 8 aromatic carbocycles. The van der Waals surface area contributed by atoms with Crippen LogP contribution in [0.4, 0.5) is 0 Å². The second kappa shape index (κ2) is 11.3. The molecule has 0 aliphatic heterocycles. The van der Waals surface area contributed by atoms with E-state index < -0.39 is 0 Å². The Hall–Kier alpha value is -6.12. The number of nitrogens with zero attached hydrogens (tertiary/aromatic N) is 2. The molecule has 0 amide bonds. The van der Waals surface area contributed by atoms with E-state index in [2.05, 4.69) is 141 Å². The van der Waals surface area contributed by atoms with Crippen molar-refractivity contribution in [2.24, 2.45) is 0 Å². The molecule has 9 aromatic rings. The second-order valence-electron chi connectivity index (χ2n) is 12.7. The Morgan fingerprint density at radius 2 is 0.729 bits per heavy atom. The number of hydrogen-bond donors (Lipinski definition) is 0. The zero-order chi connectivity index (χ0) is 32.2. The highest BCUT2D eigenvalue weighted by Gasteiger charge is 2.16. The van der Waals surface area contributed by atoms with Gasteiger partial charge in [0.05, 0.1) is 22.4 Å². The van der Waals surface area contributed by atoms with Gasteiger partial charge in [0.2, 0.25) is 0 Å². The van der Waals surface area contributed by atoms with Crippen molar-refractivity contribution >= 4 is 43.4 Å². The average molecular weight is 613 g/mol. The van der Waals surface area contributed by atoms with Crippen LogP contribution in [0.1, 0.15) is 11.1 Å². The van der Waals surface area contributed by atoms with Crippen molar-refractivity contribution in [3.8, 4) is 44.8 Å². The van der Waals surface area contributed by atoms with Crippen molar-refractivity contribution in [1.29, 1.82) is 0 Å². The monoisotopic (exact) mass is 612 g/mol. The molecular formula is C46H32N2. The molecule has 1 heterocycles. The first kappa shape index (κ1) is 28.1. The van der Waals surface area contributed by atoms with Gasteiger partial charge in [-0.2, -0.15) is 0 Å². The zero-order valence-corrected chi connectivity index (χ0v) is 26.9. The fourth-order valence-electron chi connectivity index (χ4n) is 7.36. The Balaban J connectivity index is 1.16. The normalized spacial score (nSPS) is 11.5. The minimum absolute atomic E-state index is 0.892. The molecule has 9 rings (SSSR count). The van der Waals surface area contributed by atoms with Gasteiger partial charge in [-0.15, -0.1) is 0 Å². The molecule has 0 aliphatic rings. The highest BCUT2D eigenvalue weighted by molar-refractivity contribution is 6.25. The van der Waals surface area contributed by atoms with Crippen LogP contribution >= 0.6 is 0 Å². The van der Waals surface area contributed by atoms with Crippen LogP contribution in [0.5, 0.6) is 0 Å². The van der Waals surface area contributed by atoms with Gasteiger partial charge in [0.15, 0.2) is 0 Å². The maximum atomic E-state index is 5.11. The van der Waals surface area contributed by atoms with Crippen molar-refractivity contribution in [2.45, 2.75) is 13.8 Å². The largest absolute Gasteiger partial charge is 0.244 e. The molecule has 2 heteroatoms. The van der Waals surface area contributed by atoms with E-state index in [-0.39, 0.29) is 0 Å². The fourth-order valence-corrected chi connectivity index (χ4v) is 7.36. The molecule has 0 N–H and O–H groups in total. The van der Waals surface area contributed by atoms with Crippen LogP contribution in [0.15, 0.2) is 158 Å². The number of benzene rings is 8. The third-order valence-electron chi connectivity index (χ3n) is 9.71. The minimum atomic E-state index is 0.892. The summed E-state index contributed by atoms with van der Waals surface area (Å²) >= 11 is 0. The summed E-state index contributed by atoms with van der Waals surface area (Å²) in [6.45, 7) is 4.43. The lowest BCUT2D eigenvalue weighted by molar-refractivity contribution is 1.29. The Bertz CT molecular complexity index is 2640. The Labute approximate surface area is 280 Å². The van der Waals surface area contributed by atoms with E-state index in [0.29, 0.717) is 0 Å². The standard InChI is InChI=1S/C46H32N2/c1-29-26-30(2)41(34-24-25-39-37-16-7-6-14-35(37)36-15-8-9-17-38(36)42(39)27-34)28-40(29)31-20-22-33(23-21-31)46-45(32-12-4-3-5-13-32)47-43-18-10-11-19-44(43)48-46/h3-28H,1-2H3. The Morgan fingerprint density at radius 3 is 1.31 bits per heavy atom. The molecule has 0 unspecified atom stereocenters. The number of hydrogen-bond acceptors (Lipinski definition) is 2. The molecule has 0 fully saturated rings. The van der Waals surface area contributed by atoms with Gasteiger partial charge in [-0.05, 0) is 104 Å². The van der Waals surface area contributed by atoms with Crippen LogP contribution in [0.2, 0.25) is 0 Å². The SMILES string of the molecule is Cc1cc(C)c(-c2ccc3c4ccccc4c4ccccc4c3c2)cc1-c1ccc(-c2nc3ccccc3nc2-c2ccccc2)cc1. The average Bonchev–Trinajstić information content (AvgIpc) is 3.15. The maximum absolute atomic E-state index is 5.11. The Morgan fingerprint density at radius 1 is 0.312 bits per heavy atom. The third-order valence-corrected chi connectivity index (χ3v) is 9.71. The van der Waals surface area contributed by atoms with Crippen molar-refractivity contribution in [1.82, 2.24) is 9.97 Å². The lowest BCUT2D eigenvalue weighted by Gasteiger charge is -2.16. The topological polar surface area (TPSA) is 25.8 Å². The molecule has 0 bridgehead atoms. The van der Waals surface area contributed by atoms with E-state index in [4.69, 9.17) is 9.97 Å². The molecule has 0 spiro atoms. The Kier molecular flexibility index (Phi) is 6.62. The summed E-state index contributed by atoms with van der Waals surface area (Å²) in [5, 5.41) is 7.77. The summed E-state index contributed by atoms with van der Waals surface area (Å²) < 4.78 is 0. The molecule has 2 nitrogen and oxygen atoms in total. The molecule has 0 saturated carbocycles. The lowest BCUT2D eigenvalue weighted by atomic mass is 9.88. The van der Waals surface area contributed by atoms with E-state index in [1.54, 1.807) is 0 Å². The molecular weight excluding hydrogens is 581 g/mol. The predicted octanol–water partition coefficient (Wildman–Crippen LogP) is 12.4. The summed E-state index contributed by atoms with van der Waals surface area (Å²) in [4.78, 5) is 10.2. The molecule has 0 atom stereocenters. The molecule has 1 aromatic heterocycles. The smallest absolute Gasteiger partial charge is 0.0973 e. The van der Waals surface area contributed by atoms with Gasteiger partial charge >= 0.3 is 0 Å². The quantitative estimate of drug-likeness (QED) is 0.185. The molecule has 48 heavy (non-hydrogen) atoms. The van der Waals surface area contributed by atoms with Crippen LogP contribution in [0.25, 0.3) is 88.1 Å². The highest BCUT2D eigenvalue weighted by Crippen LogP contribution is 2.39. The first-order valence-electron chi connectivity index (χ1n) is 16.5. The van der Waals surface area contributed by atoms with Gasteiger partial charge in [-0.3, -0.25) is 0 Å². The van der Waals surface area contributed by atoms with Gasteiger partial charge in [0.25, 0.3) is 0 Å².